The van der Waals surface area contributed by atoms with E-state index < -0.39 is 0 Å². The number of thioether (sulfide) groups is 1. The highest BCUT2D eigenvalue weighted by Crippen LogP contribution is 2.39. The van der Waals surface area contributed by atoms with Gasteiger partial charge in [-0.3, -0.25) is 9.59 Å². The molecular weight excluding hydrogens is 588 g/mol. The van der Waals surface area contributed by atoms with Crippen LogP contribution < -0.4 is 4.90 Å². The molecule has 1 saturated heterocycles. The molecule has 1 aliphatic rings. The minimum atomic E-state index is -0.373. The van der Waals surface area contributed by atoms with Crippen molar-refractivity contribution in [2.45, 2.75) is 6.54 Å². The van der Waals surface area contributed by atoms with Crippen molar-refractivity contribution >= 4 is 89.0 Å². The molecule has 0 unspecified atom stereocenters. The second-order valence-corrected chi connectivity index (χ2v) is 10.7. The van der Waals surface area contributed by atoms with E-state index in [1.165, 1.54) is 0 Å². The predicted molar refractivity (Wildman–Crippen MR) is 143 cm³/mol. The van der Waals surface area contributed by atoms with E-state index in [0.717, 1.165) is 47.6 Å². The molecule has 1 aromatic heterocycles. The number of halogens is 3. The second-order valence-electron chi connectivity index (χ2n) is 7.47. The van der Waals surface area contributed by atoms with Gasteiger partial charge in [0.2, 0.25) is 0 Å². The molecule has 2 amide bonds. The first-order valence-electron chi connectivity index (χ1n) is 9.96. The number of rotatable bonds is 4. The molecule has 4 aromatic rings. The summed E-state index contributed by atoms with van der Waals surface area (Å²) < 4.78 is 4.12. The average Bonchev–Trinajstić information content (AvgIpc) is 3.26. The average molecular weight is 603 g/mol. The van der Waals surface area contributed by atoms with Crippen LogP contribution in [0.1, 0.15) is 11.1 Å². The van der Waals surface area contributed by atoms with Crippen molar-refractivity contribution < 1.29 is 9.59 Å². The Balaban J connectivity index is 1.55. The Kier molecular flexibility index (Phi) is 6.22. The lowest BCUT2D eigenvalue weighted by molar-refractivity contribution is -0.113. The molecule has 0 radical (unpaired) electrons. The molecule has 33 heavy (non-hydrogen) atoms. The topological polar surface area (TPSA) is 42.3 Å². The van der Waals surface area contributed by atoms with Gasteiger partial charge in [0.25, 0.3) is 11.1 Å². The number of benzene rings is 3. The lowest BCUT2D eigenvalue weighted by Crippen LogP contribution is -2.27. The Morgan fingerprint density at radius 3 is 2.42 bits per heavy atom. The minimum absolute atomic E-state index is 0.357. The zero-order valence-electron chi connectivity index (χ0n) is 17.0. The van der Waals surface area contributed by atoms with Gasteiger partial charge in [-0.25, -0.2) is 4.90 Å². The number of hydrogen-bond acceptors (Lipinski definition) is 3. The number of para-hydroxylation sites is 1. The van der Waals surface area contributed by atoms with E-state index in [4.69, 9.17) is 11.6 Å². The van der Waals surface area contributed by atoms with E-state index in [2.05, 4.69) is 48.6 Å². The lowest BCUT2D eigenvalue weighted by atomic mass is 10.1. The van der Waals surface area contributed by atoms with Crippen LogP contribution in [0.5, 0.6) is 0 Å². The summed E-state index contributed by atoms with van der Waals surface area (Å²) in [4.78, 5) is 27.3. The summed E-state index contributed by atoms with van der Waals surface area (Å²) in [5.41, 5.74) is 3.46. The fourth-order valence-corrected chi connectivity index (χ4v) is 5.45. The summed E-state index contributed by atoms with van der Waals surface area (Å²) in [6.45, 7) is 0.681. The van der Waals surface area contributed by atoms with Gasteiger partial charge in [-0.1, -0.05) is 67.7 Å². The first-order chi connectivity index (χ1) is 15.9. The molecule has 4 nitrogen and oxygen atoms in total. The molecule has 8 heteroatoms. The number of carbonyl (C=O) groups excluding carboxylic acids is 2. The van der Waals surface area contributed by atoms with Crippen LogP contribution >= 0.6 is 55.2 Å². The third kappa shape index (κ3) is 4.43. The number of hydrogen-bond donors (Lipinski definition) is 0. The number of fused-ring (bicyclic) bond motifs is 1. The Morgan fingerprint density at radius 1 is 0.939 bits per heavy atom. The molecule has 0 spiro atoms. The monoisotopic (exact) mass is 600 g/mol. The van der Waals surface area contributed by atoms with Crippen LogP contribution in [0.25, 0.3) is 17.0 Å². The van der Waals surface area contributed by atoms with Crippen molar-refractivity contribution in [2.24, 2.45) is 0 Å². The highest BCUT2D eigenvalue weighted by molar-refractivity contribution is 9.10. The van der Waals surface area contributed by atoms with Crippen LogP contribution in [0.2, 0.25) is 5.02 Å². The second kappa shape index (κ2) is 9.14. The molecule has 5 rings (SSSR count). The Labute approximate surface area is 216 Å². The maximum absolute atomic E-state index is 13.1. The summed E-state index contributed by atoms with van der Waals surface area (Å²) in [6, 6.07) is 21.1. The molecule has 1 aliphatic heterocycles. The number of aromatic nitrogens is 1. The zero-order chi connectivity index (χ0) is 23.1. The van der Waals surface area contributed by atoms with Crippen LogP contribution in [0.15, 0.2) is 86.8 Å². The van der Waals surface area contributed by atoms with Crippen LogP contribution in [0, 0.1) is 0 Å². The first-order valence-corrected chi connectivity index (χ1v) is 12.7. The van der Waals surface area contributed by atoms with Gasteiger partial charge in [-0.2, -0.15) is 0 Å². The number of amides is 2. The van der Waals surface area contributed by atoms with E-state index >= 15 is 0 Å². The summed E-state index contributed by atoms with van der Waals surface area (Å²) in [7, 11) is 0. The standard InChI is InChI=1S/C25H15Br2ClN2O2S/c26-17-7-5-15(6-8-17)13-29-14-16(19-12-18(27)9-10-21(19)29)11-23-24(31)30(25(32)33-23)22-4-2-1-3-20(22)28/h1-12,14H,13H2/b23-11-. The van der Waals surface area contributed by atoms with Crippen molar-refractivity contribution in [1.29, 1.82) is 0 Å². The minimum Gasteiger partial charge on any atom is -0.342 e. The molecule has 0 atom stereocenters. The molecule has 1 fully saturated rings. The van der Waals surface area contributed by atoms with E-state index in [0.29, 0.717) is 22.2 Å². The lowest BCUT2D eigenvalue weighted by Gasteiger charge is -2.13. The maximum Gasteiger partial charge on any atom is 0.298 e. The molecule has 2 heterocycles. The Hall–Kier alpha value is -2.32. The SMILES string of the molecule is O=C1S/C(=C\c2cn(Cc3ccc(Br)cc3)c3ccc(Br)cc23)C(=O)N1c1ccccc1Cl. The van der Waals surface area contributed by atoms with E-state index in [1.54, 1.807) is 30.3 Å². The highest BCUT2D eigenvalue weighted by Gasteiger charge is 2.37. The number of nitrogens with zero attached hydrogens (tertiary/aromatic N) is 2. The zero-order valence-corrected chi connectivity index (χ0v) is 21.7. The molecule has 0 bridgehead atoms. The molecular formula is C25H15Br2ClN2O2S. The summed E-state index contributed by atoms with van der Waals surface area (Å²) in [5, 5.41) is 0.987. The van der Waals surface area contributed by atoms with Crippen molar-refractivity contribution in [1.82, 2.24) is 4.57 Å². The van der Waals surface area contributed by atoms with Gasteiger partial charge in [0.1, 0.15) is 0 Å². The van der Waals surface area contributed by atoms with Gasteiger partial charge in [-0.05, 0) is 65.9 Å². The van der Waals surface area contributed by atoms with Gasteiger partial charge in [0, 0.05) is 38.2 Å². The van der Waals surface area contributed by atoms with Gasteiger partial charge < -0.3 is 4.57 Å². The summed E-state index contributed by atoms with van der Waals surface area (Å²) in [5.74, 6) is -0.373. The van der Waals surface area contributed by atoms with Crippen molar-refractivity contribution in [3.8, 4) is 0 Å². The quantitative estimate of drug-likeness (QED) is 0.222. The molecule has 0 aliphatic carbocycles. The summed E-state index contributed by atoms with van der Waals surface area (Å²) in [6.07, 6.45) is 3.80. The normalized spacial score (nSPS) is 15.2. The fraction of sp³-hybridized carbons (Fsp3) is 0.0400. The number of carbonyl (C=O) groups is 2. The third-order valence-electron chi connectivity index (χ3n) is 5.31. The van der Waals surface area contributed by atoms with Gasteiger partial charge >= 0.3 is 0 Å². The molecule has 164 valence electrons. The van der Waals surface area contributed by atoms with Crippen molar-refractivity contribution in [3.05, 3.63) is 103 Å². The van der Waals surface area contributed by atoms with Crippen molar-refractivity contribution in [2.75, 3.05) is 4.90 Å². The summed E-state index contributed by atoms with van der Waals surface area (Å²) >= 11 is 14.2. The van der Waals surface area contributed by atoms with Crippen molar-refractivity contribution in [3.63, 3.8) is 0 Å². The Morgan fingerprint density at radius 2 is 1.67 bits per heavy atom. The highest BCUT2D eigenvalue weighted by atomic mass is 79.9. The third-order valence-corrected chi connectivity index (χ3v) is 7.52. The van der Waals surface area contributed by atoms with Crippen LogP contribution in [-0.4, -0.2) is 15.7 Å². The first kappa shape index (κ1) is 22.5. The molecule has 0 saturated carbocycles. The maximum atomic E-state index is 13.1. The predicted octanol–water partition coefficient (Wildman–Crippen LogP) is 8.11. The largest absolute Gasteiger partial charge is 0.342 e. The number of anilines is 1. The van der Waals surface area contributed by atoms with Crippen LogP contribution in [-0.2, 0) is 11.3 Å². The molecule has 0 N–H and O–H groups in total. The van der Waals surface area contributed by atoms with Gasteiger partial charge in [0.05, 0.1) is 15.6 Å². The van der Waals surface area contributed by atoms with E-state index in [1.807, 2.05) is 36.5 Å². The van der Waals surface area contributed by atoms with Crippen LogP contribution in [0.3, 0.4) is 0 Å². The van der Waals surface area contributed by atoms with Crippen LogP contribution in [0.4, 0.5) is 10.5 Å². The smallest absolute Gasteiger partial charge is 0.298 e. The van der Waals surface area contributed by atoms with E-state index in [-0.39, 0.29) is 11.1 Å². The van der Waals surface area contributed by atoms with E-state index in [9.17, 15) is 9.59 Å². The Bertz CT molecular complexity index is 1450. The number of imide groups is 1. The fourth-order valence-electron chi connectivity index (χ4n) is 3.78. The van der Waals surface area contributed by atoms with Gasteiger partial charge in [-0.15, -0.1) is 0 Å². The van der Waals surface area contributed by atoms with Gasteiger partial charge in [0.15, 0.2) is 0 Å². The molecule has 3 aromatic carbocycles.